The van der Waals surface area contributed by atoms with Crippen molar-refractivity contribution in [1.82, 2.24) is 0 Å². The molecule has 1 aliphatic rings. The second kappa shape index (κ2) is 6.49. The standard InChI is InChI=1S/C13H18N2O4/c1-14-12-3-2-10(8-13(12)15(16)17)9-19-11-4-6-18-7-5-11/h2-3,8,11,14H,4-7,9H2,1H3. The first-order chi connectivity index (χ1) is 9.20. The van der Waals surface area contributed by atoms with E-state index in [0.29, 0.717) is 12.3 Å². The highest BCUT2D eigenvalue weighted by molar-refractivity contribution is 5.62. The number of anilines is 1. The average molecular weight is 266 g/mol. The Balaban J connectivity index is 2.00. The van der Waals surface area contributed by atoms with E-state index >= 15 is 0 Å². The second-order valence-corrected chi connectivity index (χ2v) is 4.48. The van der Waals surface area contributed by atoms with Gasteiger partial charge < -0.3 is 14.8 Å². The van der Waals surface area contributed by atoms with Gasteiger partial charge in [0, 0.05) is 26.3 Å². The van der Waals surface area contributed by atoms with Crippen LogP contribution in [0, 0.1) is 10.1 Å². The molecule has 0 spiro atoms. The second-order valence-electron chi connectivity index (χ2n) is 4.48. The van der Waals surface area contributed by atoms with Gasteiger partial charge in [0.2, 0.25) is 0 Å². The largest absolute Gasteiger partial charge is 0.383 e. The molecule has 1 aromatic rings. The summed E-state index contributed by atoms with van der Waals surface area (Å²) >= 11 is 0. The van der Waals surface area contributed by atoms with Crippen LogP contribution in [0.15, 0.2) is 18.2 Å². The normalized spacial score (nSPS) is 16.3. The third-order valence-electron chi connectivity index (χ3n) is 3.18. The zero-order chi connectivity index (χ0) is 13.7. The Labute approximate surface area is 111 Å². The number of hydrogen-bond donors (Lipinski definition) is 1. The highest BCUT2D eigenvalue weighted by Crippen LogP contribution is 2.25. The topological polar surface area (TPSA) is 73.6 Å². The molecule has 1 aliphatic heterocycles. The molecule has 1 N–H and O–H groups in total. The van der Waals surface area contributed by atoms with E-state index in [9.17, 15) is 10.1 Å². The highest BCUT2D eigenvalue weighted by atomic mass is 16.6. The molecule has 6 nitrogen and oxygen atoms in total. The molecule has 0 unspecified atom stereocenters. The van der Waals surface area contributed by atoms with Crippen molar-refractivity contribution in [2.24, 2.45) is 0 Å². The smallest absolute Gasteiger partial charge is 0.292 e. The molecule has 0 amide bonds. The van der Waals surface area contributed by atoms with Crippen molar-refractivity contribution in [1.29, 1.82) is 0 Å². The molecule has 6 heteroatoms. The summed E-state index contributed by atoms with van der Waals surface area (Å²) in [5.41, 5.74) is 1.41. The van der Waals surface area contributed by atoms with Crippen molar-refractivity contribution in [3.05, 3.63) is 33.9 Å². The van der Waals surface area contributed by atoms with Crippen molar-refractivity contribution in [2.45, 2.75) is 25.6 Å². The van der Waals surface area contributed by atoms with E-state index in [1.165, 1.54) is 0 Å². The summed E-state index contributed by atoms with van der Waals surface area (Å²) < 4.78 is 11.0. The minimum atomic E-state index is -0.385. The molecule has 0 radical (unpaired) electrons. The van der Waals surface area contributed by atoms with Gasteiger partial charge in [0.25, 0.3) is 5.69 Å². The van der Waals surface area contributed by atoms with Gasteiger partial charge in [0.1, 0.15) is 5.69 Å². The van der Waals surface area contributed by atoms with Gasteiger partial charge >= 0.3 is 0 Å². The average Bonchev–Trinajstić information content (AvgIpc) is 2.46. The maximum atomic E-state index is 10.9. The molecule has 1 saturated heterocycles. The van der Waals surface area contributed by atoms with Crippen molar-refractivity contribution in [2.75, 3.05) is 25.6 Å². The molecule has 104 valence electrons. The number of hydrogen-bond acceptors (Lipinski definition) is 5. The number of nitrogens with one attached hydrogen (secondary N) is 1. The summed E-state index contributed by atoms with van der Waals surface area (Å²) in [4.78, 5) is 10.6. The Bertz CT molecular complexity index is 444. The van der Waals surface area contributed by atoms with E-state index in [1.807, 2.05) is 6.07 Å². The summed E-state index contributed by atoms with van der Waals surface area (Å²) in [7, 11) is 1.67. The zero-order valence-corrected chi connectivity index (χ0v) is 10.9. The molecular formula is C13H18N2O4. The third-order valence-corrected chi connectivity index (χ3v) is 3.18. The van der Waals surface area contributed by atoms with Gasteiger partial charge in [-0.25, -0.2) is 0 Å². The highest BCUT2D eigenvalue weighted by Gasteiger charge is 2.16. The van der Waals surface area contributed by atoms with Crippen molar-refractivity contribution >= 4 is 11.4 Å². The van der Waals surface area contributed by atoms with Gasteiger partial charge in [0.05, 0.1) is 17.6 Å². The Morgan fingerprint density at radius 3 is 2.84 bits per heavy atom. The number of ether oxygens (including phenoxy) is 2. The molecular weight excluding hydrogens is 248 g/mol. The van der Waals surface area contributed by atoms with E-state index in [0.717, 1.165) is 31.6 Å². The van der Waals surface area contributed by atoms with E-state index in [-0.39, 0.29) is 16.7 Å². The number of nitro benzene ring substituents is 1. The van der Waals surface area contributed by atoms with Crippen LogP contribution in [0.3, 0.4) is 0 Å². The summed E-state index contributed by atoms with van der Waals surface area (Å²) in [6, 6.07) is 5.12. The van der Waals surface area contributed by atoms with Crippen molar-refractivity contribution < 1.29 is 14.4 Å². The van der Waals surface area contributed by atoms with Gasteiger partial charge in [-0.15, -0.1) is 0 Å². The Hall–Kier alpha value is -1.66. The Morgan fingerprint density at radius 2 is 2.21 bits per heavy atom. The predicted octanol–water partition coefficient (Wildman–Crippen LogP) is 2.33. The summed E-state index contributed by atoms with van der Waals surface area (Å²) in [5.74, 6) is 0. The van der Waals surface area contributed by atoms with Gasteiger partial charge in [-0.1, -0.05) is 6.07 Å². The minimum absolute atomic E-state index is 0.0792. The number of nitro groups is 1. The number of nitrogens with zero attached hydrogens (tertiary/aromatic N) is 1. The molecule has 0 aliphatic carbocycles. The lowest BCUT2D eigenvalue weighted by Crippen LogP contribution is -2.23. The van der Waals surface area contributed by atoms with Crippen LogP contribution in [0.5, 0.6) is 0 Å². The predicted molar refractivity (Wildman–Crippen MR) is 71.3 cm³/mol. The van der Waals surface area contributed by atoms with Crippen LogP contribution in [0.2, 0.25) is 0 Å². The molecule has 0 saturated carbocycles. The number of benzene rings is 1. The molecule has 2 rings (SSSR count). The molecule has 0 aromatic heterocycles. The van der Waals surface area contributed by atoms with Crippen LogP contribution in [0.25, 0.3) is 0 Å². The van der Waals surface area contributed by atoms with Gasteiger partial charge in [-0.3, -0.25) is 10.1 Å². The SMILES string of the molecule is CNc1ccc(COC2CCOCC2)cc1[N+](=O)[O-]. The lowest BCUT2D eigenvalue weighted by molar-refractivity contribution is -0.384. The Kier molecular flexibility index (Phi) is 4.70. The fraction of sp³-hybridized carbons (Fsp3) is 0.538. The van der Waals surface area contributed by atoms with Gasteiger partial charge in [0.15, 0.2) is 0 Å². The molecule has 19 heavy (non-hydrogen) atoms. The first kappa shape index (κ1) is 13.8. The monoisotopic (exact) mass is 266 g/mol. The zero-order valence-electron chi connectivity index (χ0n) is 10.9. The first-order valence-electron chi connectivity index (χ1n) is 6.35. The summed E-state index contributed by atoms with van der Waals surface area (Å²) in [5, 5.41) is 13.8. The van der Waals surface area contributed by atoms with E-state index < -0.39 is 0 Å². The maximum Gasteiger partial charge on any atom is 0.292 e. The maximum absolute atomic E-state index is 10.9. The molecule has 1 aromatic carbocycles. The van der Waals surface area contributed by atoms with Gasteiger partial charge in [-0.05, 0) is 24.5 Å². The quantitative estimate of drug-likeness (QED) is 0.654. The first-order valence-corrected chi connectivity index (χ1v) is 6.35. The molecule has 1 fully saturated rings. The fourth-order valence-electron chi connectivity index (χ4n) is 2.09. The van der Waals surface area contributed by atoms with Crippen LogP contribution in [-0.2, 0) is 16.1 Å². The molecule has 0 bridgehead atoms. The van der Waals surface area contributed by atoms with E-state index in [2.05, 4.69) is 5.32 Å². The van der Waals surface area contributed by atoms with Crippen LogP contribution >= 0.6 is 0 Å². The summed E-state index contributed by atoms with van der Waals surface area (Å²) in [6.45, 7) is 1.85. The third kappa shape index (κ3) is 3.65. The van der Waals surface area contributed by atoms with Crippen LogP contribution in [0.4, 0.5) is 11.4 Å². The van der Waals surface area contributed by atoms with Crippen LogP contribution in [-0.4, -0.2) is 31.3 Å². The number of rotatable bonds is 5. The van der Waals surface area contributed by atoms with Crippen LogP contribution in [0.1, 0.15) is 18.4 Å². The summed E-state index contributed by atoms with van der Waals surface area (Å²) in [6.07, 6.45) is 1.96. The lowest BCUT2D eigenvalue weighted by Gasteiger charge is -2.22. The van der Waals surface area contributed by atoms with E-state index in [1.54, 1.807) is 19.2 Å². The van der Waals surface area contributed by atoms with Crippen molar-refractivity contribution in [3.63, 3.8) is 0 Å². The molecule has 0 atom stereocenters. The fourth-order valence-corrected chi connectivity index (χ4v) is 2.09. The van der Waals surface area contributed by atoms with Crippen LogP contribution < -0.4 is 5.32 Å². The minimum Gasteiger partial charge on any atom is -0.383 e. The van der Waals surface area contributed by atoms with Gasteiger partial charge in [-0.2, -0.15) is 0 Å². The Morgan fingerprint density at radius 1 is 1.47 bits per heavy atom. The molecule has 1 heterocycles. The van der Waals surface area contributed by atoms with E-state index in [4.69, 9.17) is 9.47 Å². The lowest BCUT2D eigenvalue weighted by atomic mass is 10.1. The van der Waals surface area contributed by atoms with Crippen molar-refractivity contribution in [3.8, 4) is 0 Å².